The second kappa shape index (κ2) is 4.42. The molecular formula is C7H11ClN2O2. The van der Waals surface area contributed by atoms with Gasteiger partial charge in [0.05, 0.1) is 6.04 Å². The molecule has 1 atom stereocenters. The fourth-order valence-electron chi connectivity index (χ4n) is 1.17. The van der Waals surface area contributed by atoms with Crippen LogP contribution in [0.15, 0.2) is 0 Å². The van der Waals surface area contributed by atoms with Crippen LogP contribution < -0.4 is 10.6 Å². The van der Waals surface area contributed by atoms with Crippen LogP contribution >= 0.6 is 11.6 Å². The summed E-state index contributed by atoms with van der Waals surface area (Å²) in [5, 5.41) is 5.18. The van der Waals surface area contributed by atoms with Crippen LogP contribution in [0.4, 0.5) is 0 Å². The van der Waals surface area contributed by atoms with E-state index in [1.54, 1.807) is 0 Å². The van der Waals surface area contributed by atoms with Crippen molar-refractivity contribution >= 4 is 23.4 Å². The van der Waals surface area contributed by atoms with Crippen molar-refractivity contribution < 1.29 is 9.59 Å². The molecule has 2 N–H and O–H groups in total. The molecule has 0 saturated carbocycles. The highest BCUT2D eigenvalue weighted by Gasteiger charge is 2.22. The lowest BCUT2D eigenvalue weighted by Crippen LogP contribution is -2.43. The van der Waals surface area contributed by atoms with E-state index in [-0.39, 0.29) is 17.8 Å². The predicted molar refractivity (Wildman–Crippen MR) is 44.9 cm³/mol. The molecule has 0 aliphatic carbocycles. The fourth-order valence-corrected chi connectivity index (χ4v) is 1.23. The Morgan fingerprint density at radius 1 is 1.58 bits per heavy atom. The Morgan fingerprint density at radius 2 is 2.33 bits per heavy atom. The van der Waals surface area contributed by atoms with E-state index in [1.165, 1.54) is 0 Å². The minimum absolute atomic E-state index is 0.168. The van der Waals surface area contributed by atoms with Crippen molar-refractivity contribution in [1.82, 2.24) is 10.6 Å². The fraction of sp³-hybridized carbons (Fsp3) is 0.714. The van der Waals surface area contributed by atoms with Gasteiger partial charge in [0.25, 0.3) is 0 Å². The zero-order valence-corrected chi connectivity index (χ0v) is 7.36. The number of amides is 2. The summed E-state index contributed by atoms with van der Waals surface area (Å²) in [6.07, 6.45) is 1.77. The molecule has 1 heterocycles. The van der Waals surface area contributed by atoms with Gasteiger partial charge in [-0.05, 0) is 19.4 Å². The number of nitrogens with one attached hydrogen (secondary N) is 2. The van der Waals surface area contributed by atoms with E-state index in [1.807, 2.05) is 0 Å². The lowest BCUT2D eigenvalue weighted by atomic mass is 10.2. The summed E-state index contributed by atoms with van der Waals surface area (Å²) in [5.74, 6) is -0.869. The van der Waals surface area contributed by atoms with E-state index in [2.05, 4.69) is 10.6 Å². The molecule has 4 nitrogen and oxygen atoms in total. The van der Waals surface area contributed by atoms with Crippen LogP contribution in [-0.2, 0) is 9.59 Å². The Labute approximate surface area is 75.6 Å². The molecule has 1 aliphatic rings. The molecule has 0 aromatic rings. The molecule has 0 aromatic heterocycles. The second-order valence-corrected chi connectivity index (χ2v) is 2.96. The molecule has 2 amide bonds. The van der Waals surface area contributed by atoms with E-state index >= 15 is 0 Å². The summed E-state index contributed by atoms with van der Waals surface area (Å²) >= 11 is 5.22. The molecule has 0 unspecified atom stereocenters. The van der Waals surface area contributed by atoms with Crippen molar-refractivity contribution in [3.8, 4) is 0 Å². The summed E-state index contributed by atoms with van der Waals surface area (Å²) in [4.78, 5) is 21.8. The highest BCUT2D eigenvalue weighted by atomic mass is 35.5. The van der Waals surface area contributed by atoms with Crippen LogP contribution in [0.3, 0.4) is 0 Å². The zero-order chi connectivity index (χ0) is 8.97. The number of carbonyl (C=O) groups excluding carboxylic acids is 2. The van der Waals surface area contributed by atoms with Gasteiger partial charge in [-0.25, -0.2) is 0 Å². The minimum Gasteiger partial charge on any atom is -0.306 e. The lowest BCUT2D eigenvalue weighted by Gasteiger charge is -2.08. The van der Waals surface area contributed by atoms with Crippen LogP contribution in [0, 0.1) is 0 Å². The standard InChI is InChI=1S/C7H11ClN2O2/c8-4-6(11)10-7(12)5-2-1-3-9-5/h5,9H,1-4H2,(H,10,11,12)/t5-/m0/s1. The predicted octanol–water partition coefficient (Wildman–Crippen LogP) is -0.380. The average Bonchev–Trinajstić information content (AvgIpc) is 2.56. The topological polar surface area (TPSA) is 58.2 Å². The van der Waals surface area contributed by atoms with Gasteiger partial charge < -0.3 is 5.32 Å². The quantitative estimate of drug-likeness (QED) is 0.584. The third-order valence-electron chi connectivity index (χ3n) is 1.76. The Bertz CT molecular complexity index is 190. The number of halogens is 1. The lowest BCUT2D eigenvalue weighted by molar-refractivity contribution is -0.130. The average molecular weight is 191 g/mol. The highest BCUT2D eigenvalue weighted by Crippen LogP contribution is 2.04. The molecule has 1 aliphatic heterocycles. The molecule has 1 saturated heterocycles. The van der Waals surface area contributed by atoms with Crippen LogP contribution in [0.1, 0.15) is 12.8 Å². The van der Waals surface area contributed by atoms with Crippen LogP contribution in [0.5, 0.6) is 0 Å². The van der Waals surface area contributed by atoms with Crippen molar-refractivity contribution in [3.05, 3.63) is 0 Å². The van der Waals surface area contributed by atoms with Crippen LogP contribution in [-0.4, -0.2) is 30.3 Å². The van der Waals surface area contributed by atoms with Gasteiger partial charge in [-0.2, -0.15) is 0 Å². The number of rotatable bonds is 2. The molecule has 5 heteroatoms. The molecule has 0 spiro atoms. The second-order valence-electron chi connectivity index (χ2n) is 2.69. The summed E-state index contributed by atoms with van der Waals surface area (Å²) in [7, 11) is 0. The first-order valence-electron chi connectivity index (χ1n) is 3.87. The minimum atomic E-state index is -0.435. The Morgan fingerprint density at radius 3 is 2.83 bits per heavy atom. The van der Waals surface area contributed by atoms with E-state index < -0.39 is 5.91 Å². The molecule has 0 radical (unpaired) electrons. The zero-order valence-electron chi connectivity index (χ0n) is 6.60. The molecule has 1 fully saturated rings. The first-order chi connectivity index (χ1) is 5.74. The first kappa shape index (κ1) is 9.48. The van der Waals surface area contributed by atoms with Crippen molar-refractivity contribution in [3.63, 3.8) is 0 Å². The largest absolute Gasteiger partial charge is 0.306 e. The van der Waals surface area contributed by atoms with Gasteiger partial charge in [0.1, 0.15) is 5.88 Å². The Hall–Kier alpha value is -0.610. The third kappa shape index (κ3) is 2.46. The number of hydrogen-bond acceptors (Lipinski definition) is 3. The van der Waals surface area contributed by atoms with Crippen LogP contribution in [0.2, 0.25) is 0 Å². The van der Waals surface area contributed by atoms with Gasteiger partial charge in [-0.1, -0.05) is 0 Å². The normalized spacial score (nSPS) is 22.2. The van der Waals surface area contributed by atoms with Gasteiger partial charge in [0.2, 0.25) is 11.8 Å². The molecule has 1 rings (SSSR count). The maximum absolute atomic E-state index is 11.2. The summed E-state index contributed by atoms with van der Waals surface area (Å²) in [5.41, 5.74) is 0. The maximum Gasteiger partial charge on any atom is 0.243 e. The van der Waals surface area contributed by atoms with Gasteiger partial charge in [-0.3, -0.25) is 14.9 Å². The van der Waals surface area contributed by atoms with Crippen molar-refractivity contribution in [1.29, 1.82) is 0 Å². The summed E-state index contributed by atoms with van der Waals surface area (Å²) in [6.45, 7) is 0.840. The smallest absolute Gasteiger partial charge is 0.243 e. The van der Waals surface area contributed by atoms with Crippen LogP contribution in [0.25, 0.3) is 0 Å². The molecule has 0 aromatic carbocycles. The Balaban J connectivity index is 2.32. The van der Waals surface area contributed by atoms with Gasteiger partial charge in [-0.15, -0.1) is 11.6 Å². The number of carbonyl (C=O) groups is 2. The SMILES string of the molecule is O=C(CCl)NC(=O)[C@@H]1CCCN1. The number of hydrogen-bond donors (Lipinski definition) is 2. The molecule has 12 heavy (non-hydrogen) atoms. The Kier molecular flexibility index (Phi) is 3.49. The van der Waals surface area contributed by atoms with Gasteiger partial charge >= 0.3 is 0 Å². The highest BCUT2D eigenvalue weighted by molar-refractivity contribution is 6.28. The number of imide groups is 1. The van der Waals surface area contributed by atoms with Gasteiger partial charge in [0.15, 0.2) is 0 Å². The van der Waals surface area contributed by atoms with Crippen molar-refractivity contribution in [2.75, 3.05) is 12.4 Å². The third-order valence-corrected chi connectivity index (χ3v) is 2.00. The molecular weight excluding hydrogens is 180 g/mol. The summed E-state index contributed by atoms with van der Waals surface area (Å²) < 4.78 is 0. The van der Waals surface area contributed by atoms with E-state index in [0.29, 0.717) is 0 Å². The molecule has 0 bridgehead atoms. The monoisotopic (exact) mass is 190 g/mol. The van der Waals surface area contributed by atoms with E-state index in [0.717, 1.165) is 19.4 Å². The molecule has 68 valence electrons. The number of alkyl halides is 1. The summed E-state index contributed by atoms with van der Waals surface area (Å²) in [6, 6.07) is -0.211. The maximum atomic E-state index is 11.2. The van der Waals surface area contributed by atoms with Gasteiger partial charge in [0, 0.05) is 0 Å². The van der Waals surface area contributed by atoms with E-state index in [9.17, 15) is 9.59 Å². The van der Waals surface area contributed by atoms with E-state index in [4.69, 9.17) is 11.6 Å². The van der Waals surface area contributed by atoms with Crippen molar-refractivity contribution in [2.24, 2.45) is 0 Å². The van der Waals surface area contributed by atoms with Crippen molar-refractivity contribution in [2.45, 2.75) is 18.9 Å². The first-order valence-corrected chi connectivity index (χ1v) is 4.40.